The van der Waals surface area contributed by atoms with Crippen molar-refractivity contribution < 1.29 is 14.0 Å². The summed E-state index contributed by atoms with van der Waals surface area (Å²) in [7, 11) is 0. The molecule has 23 heavy (non-hydrogen) atoms. The summed E-state index contributed by atoms with van der Waals surface area (Å²) in [5, 5.41) is 0.749. The van der Waals surface area contributed by atoms with Crippen LogP contribution in [0.5, 0.6) is 0 Å². The highest BCUT2D eigenvalue weighted by molar-refractivity contribution is 7.98. The van der Waals surface area contributed by atoms with Gasteiger partial charge in [-0.2, -0.15) is 0 Å². The third kappa shape index (κ3) is 3.91. The van der Waals surface area contributed by atoms with Crippen molar-refractivity contribution in [3.8, 4) is 0 Å². The molecule has 1 saturated heterocycles. The molecular weight excluding hydrogens is 312 g/mol. The Morgan fingerprint density at radius 1 is 1.13 bits per heavy atom. The second kappa shape index (κ2) is 7.43. The van der Waals surface area contributed by atoms with Crippen molar-refractivity contribution in [2.75, 3.05) is 32.4 Å². The minimum absolute atomic E-state index is 0.0757. The average molecular weight is 336 g/mol. The predicted octanol–water partition coefficient (Wildman–Crippen LogP) is 2.87. The maximum absolute atomic E-state index is 12.4. The van der Waals surface area contributed by atoms with Crippen LogP contribution in [0.3, 0.4) is 0 Å². The van der Waals surface area contributed by atoms with Gasteiger partial charge in [-0.05, 0) is 37.1 Å². The average Bonchev–Trinajstić information content (AvgIpc) is 3.25. The zero-order valence-electron chi connectivity index (χ0n) is 13.6. The number of rotatable bonds is 4. The first-order valence-electron chi connectivity index (χ1n) is 8.38. The van der Waals surface area contributed by atoms with Crippen molar-refractivity contribution in [1.29, 1.82) is 0 Å². The molecule has 2 aliphatic rings. The SMILES string of the molecule is CSc1ccc(C(=O)N2CCN(C(=O)CC3CCCC3)CC2)o1. The maximum Gasteiger partial charge on any atom is 0.289 e. The Labute approximate surface area is 141 Å². The Morgan fingerprint density at radius 2 is 1.78 bits per heavy atom. The van der Waals surface area contributed by atoms with E-state index in [9.17, 15) is 9.59 Å². The van der Waals surface area contributed by atoms with E-state index in [2.05, 4.69) is 0 Å². The van der Waals surface area contributed by atoms with Crippen molar-refractivity contribution >= 4 is 23.6 Å². The predicted molar refractivity (Wildman–Crippen MR) is 89.5 cm³/mol. The fraction of sp³-hybridized carbons (Fsp3) is 0.647. The summed E-state index contributed by atoms with van der Waals surface area (Å²) in [5.74, 6) is 1.15. The van der Waals surface area contributed by atoms with E-state index in [1.807, 2.05) is 17.2 Å². The number of amides is 2. The van der Waals surface area contributed by atoms with Crippen molar-refractivity contribution in [2.45, 2.75) is 37.2 Å². The summed E-state index contributed by atoms with van der Waals surface area (Å²) < 4.78 is 5.50. The van der Waals surface area contributed by atoms with Crippen molar-refractivity contribution in [2.24, 2.45) is 5.92 Å². The van der Waals surface area contributed by atoms with E-state index >= 15 is 0 Å². The Bertz CT molecular complexity index is 558. The Hall–Kier alpha value is -1.43. The van der Waals surface area contributed by atoms with Gasteiger partial charge >= 0.3 is 0 Å². The molecule has 1 aromatic heterocycles. The molecule has 0 atom stereocenters. The summed E-state index contributed by atoms with van der Waals surface area (Å²) in [5.41, 5.74) is 0. The van der Waals surface area contributed by atoms with Crippen LogP contribution < -0.4 is 0 Å². The van der Waals surface area contributed by atoms with E-state index in [1.54, 1.807) is 11.0 Å². The van der Waals surface area contributed by atoms with E-state index < -0.39 is 0 Å². The second-order valence-corrected chi connectivity index (χ2v) is 7.16. The molecule has 2 fully saturated rings. The first-order valence-corrected chi connectivity index (χ1v) is 9.60. The zero-order valence-corrected chi connectivity index (χ0v) is 14.4. The normalized spacial score (nSPS) is 19.3. The van der Waals surface area contributed by atoms with Gasteiger partial charge in [-0.25, -0.2) is 0 Å². The standard InChI is InChI=1S/C17H24N2O3S/c1-23-16-7-6-14(22-16)17(21)19-10-8-18(9-11-19)15(20)12-13-4-2-3-5-13/h6-7,13H,2-5,8-12H2,1H3. The van der Waals surface area contributed by atoms with Crippen LogP contribution >= 0.6 is 11.8 Å². The van der Waals surface area contributed by atoms with Gasteiger partial charge in [0.05, 0.1) is 0 Å². The fourth-order valence-electron chi connectivity index (χ4n) is 3.45. The molecule has 126 valence electrons. The lowest BCUT2D eigenvalue weighted by molar-refractivity contribution is -0.133. The molecule has 0 aromatic carbocycles. The number of carbonyl (C=O) groups is 2. The van der Waals surface area contributed by atoms with Gasteiger partial charge < -0.3 is 14.2 Å². The highest BCUT2D eigenvalue weighted by atomic mass is 32.2. The molecule has 5 nitrogen and oxygen atoms in total. The lowest BCUT2D eigenvalue weighted by atomic mass is 10.0. The molecule has 1 aromatic rings. The van der Waals surface area contributed by atoms with Gasteiger partial charge in [-0.1, -0.05) is 24.6 Å². The zero-order chi connectivity index (χ0) is 16.2. The number of carbonyl (C=O) groups excluding carboxylic acids is 2. The second-order valence-electron chi connectivity index (χ2n) is 6.35. The van der Waals surface area contributed by atoms with Crippen molar-refractivity contribution in [3.05, 3.63) is 17.9 Å². The molecule has 0 unspecified atom stereocenters. The van der Waals surface area contributed by atoms with Crippen LogP contribution in [0.4, 0.5) is 0 Å². The molecule has 0 N–H and O–H groups in total. The molecule has 2 amide bonds. The third-order valence-corrected chi connectivity index (χ3v) is 5.47. The van der Waals surface area contributed by atoms with Crippen LogP contribution in [0.15, 0.2) is 21.6 Å². The fourth-order valence-corrected chi connectivity index (χ4v) is 3.83. The molecule has 1 aliphatic carbocycles. The van der Waals surface area contributed by atoms with Gasteiger partial charge in [-0.15, -0.1) is 0 Å². The van der Waals surface area contributed by atoms with Crippen LogP contribution in [0, 0.1) is 5.92 Å². The summed E-state index contributed by atoms with van der Waals surface area (Å²) in [6, 6.07) is 3.55. The number of piperazine rings is 1. The van der Waals surface area contributed by atoms with Gasteiger partial charge in [0.25, 0.3) is 5.91 Å². The first kappa shape index (κ1) is 16.4. The minimum atomic E-state index is -0.0757. The monoisotopic (exact) mass is 336 g/mol. The van der Waals surface area contributed by atoms with Crippen molar-refractivity contribution in [3.63, 3.8) is 0 Å². The Balaban J connectivity index is 1.49. The molecule has 6 heteroatoms. The largest absolute Gasteiger partial charge is 0.445 e. The number of hydrogen-bond donors (Lipinski definition) is 0. The van der Waals surface area contributed by atoms with Gasteiger partial charge in [-0.3, -0.25) is 9.59 Å². The maximum atomic E-state index is 12.4. The lowest BCUT2D eigenvalue weighted by Gasteiger charge is -2.34. The number of hydrogen-bond acceptors (Lipinski definition) is 4. The smallest absolute Gasteiger partial charge is 0.289 e. The molecule has 0 bridgehead atoms. The molecular formula is C17H24N2O3S. The van der Waals surface area contributed by atoms with E-state index in [0.29, 0.717) is 44.3 Å². The number of nitrogens with zero attached hydrogens (tertiary/aromatic N) is 2. The van der Waals surface area contributed by atoms with Gasteiger partial charge in [0.1, 0.15) is 0 Å². The quantitative estimate of drug-likeness (QED) is 0.794. The Kier molecular flexibility index (Phi) is 5.30. The summed E-state index contributed by atoms with van der Waals surface area (Å²) in [6.07, 6.45) is 7.52. The molecule has 1 saturated carbocycles. The highest BCUT2D eigenvalue weighted by Gasteiger charge is 2.28. The highest BCUT2D eigenvalue weighted by Crippen LogP contribution is 2.28. The lowest BCUT2D eigenvalue weighted by Crippen LogP contribution is -2.50. The van der Waals surface area contributed by atoms with Gasteiger partial charge in [0.2, 0.25) is 5.91 Å². The van der Waals surface area contributed by atoms with Crippen LogP contribution in [-0.4, -0.2) is 54.0 Å². The molecule has 1 aliphatic heterocycles. The molecule has 0 radical (unpaired) electrons. The summed E-state index contributed by atoms with van der Waals surface area (Å²) >= 11 is 1.48. The molecule has 0 spiro atoms. The molecule has 2 heterocycles. The van der Waals surface area contributed by atoms with E-state index in [-0.39, 0.29) is 11.8 Å². The van der Waals surface area contributed by atoms with E-state index in [1.165, 1.54) is 37.4 Å². The first-order chi connectivity index (χ1) is 11.2. The van der Waals surface area contributed by atoms with Crippen molar-refractivity contribution in [1.82, 2.24) is 9.80 Å². The van der Waals surface area contributed by atoms with Crippen LogP contribution in [0.25, 0.3) is 0 Å². The van der Waals surface area contributed by atoms with Gasteiger partial charge in [0.15, 0.2) is 10.9 Å². The van der Waals surface area contributed by atoms with Crippen LogP contribution in [0.1, 0.15) is 42.7 Å². The summed E-state index contributed by atoms with van der Waals surface area (Å²) in [4.78, 5) is 28.4. The van der Waals surface area contributed by atoms with Crippen LogP contribution in [-0.2, 0) is 4.79 Å². The van der Waals surface area contributed by atoms with Gasteiger partial charge in [0, 0.05) is 32.6 Å². The summed E-state index contributed by atoms with van der Waals surface area (Å²) in [6.45, 7) is 2.44. The minimum Gasteiger partial charge on any atom is -0.445 e. The molecule has 3 rings (SSSR count). The Morgan fingerprint density at radius 3 is 2.39 bits per heavy atom. The number of thioether (sulfide) groups is 1. The topological polar surface area (TPSA) is 53.8 Å². The number of furan rings is 1. The van der Waals surface area contributed by atoms with E-state index in [4.69, 9.17) is 4.42 Å². The van der Waals surface area contributed by atoms with Crippen LogP contribution in [0.2, 0.25) is 0 Å². The third-order valence-electron chi connectivity index (χ3n) is 4.85. The van der Waals surface area contributed by atoms with E-state index in [0.717, 1.165) is 5.09 Å².